The Labute approximate surface area is 131 Å². The van der Waals surface area contributed by atoms with Crippen molar-refractivity contribution in [2.45, 2.75) is 71.3 Å². The van der Waals surface area contributed by atoms with E-state index < -0.39 is 11.9 Å². The Hall–Kier alpha value is -1.10. The van der Waals surface area contributed by atoms with Gasteiger partial charge in [0.25, 0.3) is 0 Å². The van der Waals surface area contributed by atoms with Crippen molar-refractivity contribution >= 4 is 22.4 Å². The molecule has 0 aliphatic heterocycles. The van der Waals surface area contributed by atoms with Crippen molar-refractivity contribution in [2.75, 3.05) is 5.32 Å². The van der Waals surface area contributed by atoms with Crippen LogP contribution in [-0.2, 0) is 11.2 Å². The summed E-state index contributed by atoms with van der Waals surface area (Å²) >= 11 is 1.64. The predicted octanol–water partition coefficient (Wildman–Crippen LogP) is 4.27. The van der Waals surface area contributed by atoms with Gasteiger partial charge in [-0.25, -0.2) is 4.98 Å². The molecule has 0 fully saturated rings. The molecule has 118 valence electrons. The van der Waals surface area contributed by atoms with E-state index in [4.69, 9.17) is 0 Å². The molecule has 0 saturated heterocycles. The molecular weight excluding hydrogens is 284 g/mol. The normalized spacial score (nSPS) is 19.3. The minimum atomic E-state index is -0.738. The lowest BCUT2D eigenvalue weighted by Gasteiger charge is -2.16. The molecule has 1 aliphatic rings. The van der Waals surface area contributed by atoms with Gasteiger partial charge in [-0.05, 0) is 38.5 Å². The number of nitrogens with zero attached hydrogens (tertiary/aromatic N) is 1. The number of aromatic nitrogens is 1. The smallest absolute Gasteiger partial charge is 0.312 e. The zero-order valence-electron chi connectivity index (χ0n) is 13.2. The molecule has 1 aromatic rings. The summed E-state index contributed by atoms with van der Waals surface area (Å²) in [5.41, 5.74) is 0.802. The van der Waals surface area contributed by atoms with Crippen molar-refractivity contribution in [3.63, 3.8) is 0 Å². The van der Waals surface area contributed by atoms with Crippen molar-refractivity contribution < 1.29 is 9.90 Å². The number of hydrogen-bond acceptors (Lipinski definition) is 4. The second-order valence-electron chi connectivity index (χ2n) is 6.48. The lowest BCUT2D eigenvalue weighted by Crippen LogP contribution is -2.18. The van der Waals surface area contributed by atoms with Gasteiger partial charge in [-0.1, -0.05) is 26.7 Å². The average Bonchev–Trinajstić information content (AvgIpc) is 2.79. The Morgan fingerprint density at radius 1 is 1.43 bits per heavy atom. The molecule has 0 bridgehead atoms. The molecule has 2 N–H and O–H groups in total. The molecule has 1 aromatic heterocycles. The van der Waals surface area contributed by atoms with Crippen LogP contribution < -0.4 is 5.32 Å². The fourth-order valence-electron chi connectivity index (χ4n) is 2.84. The Bertz CT molecular complexity index is 485. The molecule has 0 spiro atoms. The van der Waals surface area contributed by atoms with Gasteiger partial charge in [0.15, 0.2) is 5.13 Å². The van der Waals surface area contributed by atoms with Gasteiger partial charge in [-0.2, -0.15) is 0 Å². The van der Waals surface area contributed by atoms with Crippen molar-refractivity contribution in [1.82, 2.24) is 4.98 Å². The summed E-state index contributed by atoms with van der Waals surface area (Å²) in [6.45, 7) is 6.67. The van der Waals surface area contributed by atoms with E-state index in [1.165, 1.54) is 12.8 Å². The van der Waals surface area contributed by atoms with Crippen LogP contribution in [0.1, 0.15) is 69.4 Å². The highest BCUT2D eigenvalue weighted by molar-refractivity contribution is 7.15. The molecule has 0 amide bonds. The third kappa shape index (κ3) is 4.43. The highest BCUT2D eigenvalue weighted by Gasteiger charge is 2.30. The van der Waals surface area contributed by atoms with Gasteiger partial charge >= 0.3 is 5.97 Å². The summed E-state index contributed by atoms with van der Waals surface area (Å²) in [5, 5.41) is 13.6. The largest absolute Gasteiger partial charge is 0.481 e. The minimum Gasteiger partial charge on any atom is -0.481 e. The summed E-state index contributed by atoms with van der Waals surface area (Å²) < 4.78 is 0. The number of rotatable bonds is 7. The maximum Gasteiger partial charge on any atom is 0.312 e. The molecule has 1 aliphatic carbocycles. The van der Waals surface area contributed by atoms with Crippen molar-refractivity contribution in [3.05, 3.63) is 10.6 Å². The van der Waals surface area contributed by atoms with E-state index in [0.29, 0.717) is 6.04 Å². The average molecular weight is 310 g/mol. The fourth-order valence-corrected chi connectivity index (χ4v) is 4.01. The molecule has 5 heteroatoms. The van der Waals surface area contributed by atoms with Gasteiger partial charge in [0.2, 0.25) is 0 Å². The van der Waals surface area contributed by atoms with E-state index in [0.717, 1.165) is 47.3 Å². The topological polar surface area (TPSA) is 62.2 Å². The van der Waals surface area contributed by atoms with Crippen LogP contribution in [0.4, 0.5) is 5.13 Å². The molecule has 1 heterocycles. The lowest BCUT2D eigenvalue weighted by molar-refractivity contribution is -0.139. The predicted molar refractivity (Wildman–Crippen MR) is 87.2 cm³/mol. The highest BCUT2D eigenvalue weighted by atomic mass is 32.1. The van der Waals surface area contributed by atoms with Crippen LogP contribution in [0.25, 0.3) is 0 Å². The molecule has 2 atom stereocenters. The Balaban J connectivity index is 1.94. The number of hydrogen-bond donors (Lipinski definition) is 2. The number of carbonyl (C=O) groups is 1. The molecule has 2 rings (SSSR count). The molecule has 0 aromatic carbocycles. The van der Waals surface area contributed by atoms with Crippen LogP contribution in [0.2, 0.25) is 0 Å². The number of carboxylic acids is 1. The van der Waals surface area contributed by atoms with E-state index in [2.05, 4.69) is 31.1 Å². The van der Waals surface area contributed by atoms with Gasteiger partial charge in [-0.3, -0.25) is 4.79 Å². The molecule has 2 unspecified atom stereocenters. The molecule has 0 saturated carbocycles. The molecule has 0 radical (unpaired) electrons. The van der Waals surface area contributed by atoms with Gasteiger partial charge < -0.3 is 10.4 Å². The first-order valence-electron chi connectivity index (χ1n) is 7.96. The summed E-state index contributed by atoms with van der Waals surface area (Å²) in [4.78, 5) is 17.0. The fraction of sp³-hybridized carbons (Fsp3) is 0.750. The highest BCUT2D eigenvalue weighted by Crippen LogP contribution is 2.37. The number of aryl methyl sites for hydroxylation is 1. The number of nitrogens with one attached hydrogen (secondary N) is 1. The van der Waals surface area contributed by atoms with Crippen molar-refractivity contribution in [3.8, 4) is 0 Å². The molecular formula is C16H26N2O2S. The second-order valence-corrected chi connectivity index (χ2v) is 7.56. The van der Waals surface area contributed by atoms with Crippen molar-refractivity contribution in [1.29, 1.82) is 0 Å². The van der Waals surface area contributed by atoms with Gasteiger partial charge in [0.1, 0.15) is 5.92 Å². The van der Waals surface area contributed by atoms with E-state index in [-0.39, 0.29) is 0 Å². The SMILES string of the molecule is CC(C)CCCC(C)Nc1nc2c(s1)CCCC2C(=O)O. The quantitative estimate of drug-likeness (QED) is 0.789. The number of carboxylic acid groups (broad SMARTS) is 1. The Kier molecular flexibility index (Phi) is 5.62. The summed E-state index contributed by atoms with van der Waals surface area (Å²) in [5.74, 6) is -0.393. The number of anilines is 1. The van der Waals surface area contributed by atoms with Crippen LogP contribution in [0, 0.1) is 5.92 Å². The van der Waals surface area contributed by atoms with Crippen LogP contribution in [-0.4, -0.2) is 22.1 Å². The maximum absolute atomic E-state index is 11.3. The van der Waals surface area contributed by atoms with Crippen LogP contribution in [0.15, 0.2) is 0 Å². The van der Waals surface area contributed by atoms with Gasteiger partial charge in [0, 0.05) is 10.9 Å². The van der Waals surface area contributed by atoms with E-state index in [1.54, 1.807) is 11.3 Å². The lowest BCUT2D eigenvalue weighted by atomic mass is 9.91. The summed E-state index contributed by atoms with van der Waals surface area (Å²) in [6.07, 6.45) is 6.24. The van der Waals surface area contributed by atoms with E-state index >= 15 is 0 Å². The van der Waals surface area contributed by atoms with E-state index in [1.807, 2.05) is 0 Å². The monoisotopic (exact) mass is 310 g/mol. The third-order valence-corrected chi connectivity index (χ3v) is 5.10. The Morgan fingerprint density at radius 3 is 2.86 bits per heavy atom. The summed E-state index contributed by atoms with van der Waals surface area (Å²) in [7, 11) is 0. The van der Waals surface area contributed by atoms with Crippen LogP contribution in [0.5, 0.6) is 0 Å². The summed E-state index contributed by atoms with van der Waals surface area (Å²) in [6, 6.07) is 0.389. The number of fused-ring (bicyclic) bond motifs is 1. The minimum absolute atomic E-state index is 0.389. The van der Waals surface area contributed by atoms with Gasteiger partial charge in [-0.15, -0.1) is 11.3 Å². The number of aliphatic carboxylic acids is 1. The first-order valence-corrected chi connectivity index (χ1v) is 8.78. The number of thiazole rings is 1. The molecule has 4 nitrogen and oxygen atoms in total. The first-order chi connectivity index (χ1) is 9.97. The van der Waals surface area contributed by atoms with Crippen molar-refractivity contribution in [2.24, 2.45) is 5.92 Å². The maximum atomic E-state index is 11.3. The zero-order chi connectivity index (χ0) is 15.4. The third-order valence-electron chi connectivity index (χ3n) is 4.04. The standard InChI is InChI=1S/C16H26N2O2S/c1-10(2)6-4-7-11(3)17-16-18-14-12(15(19)20)8-5-9-13(14)21-16/h10-12H,4-9H2,1-3H3,(H,17,18)(H,19,20). The molecule has 21 heavy (non-hydrogen) atoms. The first kappa shape index (κ1) is 16.3. The second kappa shape index (κ2) is 7.25. The van der Waals surface area contributed by atoms with Gasteiger partial charge in [0.05, 0.1) is 5.69 Å². The van der Waals surface area contributed by atoms with Crippen LogP contribution in [0.3, 0.4) is 0 Å². The van der Waals surface area contributed by atoms with E-state index in [9.17, 15) is 9.90 Å². The van der Waals surface area contributed by atoms with Crippen LogP contribution >= 0.6 is 11.3 Å². The zero-order valence-corrected chi connectivity index (χ0v) is 14.0. The Morgan fingerprint density at radius 2 is 2.19 bits per heavy atom.